The minimum Gasteiger partial charge on any atom is -0.543 e. The number of nitrogens with one attached hydrogen (secondary N) is 2. The number of aliphatic carboxylic acids is 1. The average Bonchev–Trinajstić information content (AvgIpc) is 2.44. The van der Waals surface area contributed by atoms with E-state index in [1.807, 2.05) is 6.26 Å². The van der Waals surface area contributed by atoms with Gasteiger partial charge >= 0.3 is 5.97 Å². The predicted octanol–water partition coefficient (Wildman–Crippen LogP) is -1.31. The van der Waals surface area contributed by atoms with Gasteiger partial charge in [-0.15, -0.1) is 11.8 Å². The lowest BCUT2D eigenvalue weighted by atomic mass is 10.2. The van der Waals surface area contributed by atoms with Crippen molar-refractivity contribution in [2.24, 2.45) is 0 Å². The van der Waals surface area contributed by atoms with Gasteiger partial charge in [0.15, 0.2) is 6.04 Å². The van der Waals surface area contributed by atoms with Gasteiger partial charge in [0.25, 0.3) is 0 Å². The molecular weight excluding hydrogens is 316 g/mol. The first-order valence-electron chi connectivity index (χ1n) is 6.06. The van der Waals surface area contributed by atoms with Crippen LogP contribution in [0.15, 0.2) is 11.3 Å². The van der Waals surface area contributed by atoms with E-state index in [4.69, 9.17) is 0 Å². The summed E-state index contributed by atoms with van der Waals surface area (Å²) >= 11 is 2.83. The summed E-state index contributed by atoms with van der Waals surface area (Å²) in [6.07, 6.45) is 1.87. The molecule has 9 heteroatoms. The molecular formula is C12H17N2O5S2-. The topological polar surface area (TPSA) is 108 Å². The van der Waals surface area contributed by atoms with Crippen molar-refractivity contribution in [3.8, 4) is 0 Å². The lowest BCUT2D eigenvalue weighted by molar-refractivity contribution is -0.300. The molecule has 1 heterocycles. The lowest BCUT2D eigenvalue weighted by Gasteiger charge is -2.33. The van der Waals surface area contributed by atoms with Gasteiger partial charge in [0, 0.05) is 18.4 Å². The van der Waals surface area contributed by atoms with Gasteiger partial charge in [0.2, 0.25) is 5.91 Å². The van der Waals surface area contributed by atoms with Crippen LogP contribution in [0.3, 0.4) is 0 Å². The molecule has 0 aromatic carbocycles. The van der Waals surface area contributed by atoms with Crippen molar-refractivity contribution in [2.75, 3.05) is 24.9 Å². The van der Waals surface area contributed by atoms with Crippen molar-refractivity contribution in [3.63, 3.8) is 0 Å². The van der Waals surface area contributed by atoms with Crippen LogP contribution in [0.5, 0.6) is 0 Å². The molecule has 0 saturated heterocycles. The highest BCUT2D eigenvalue weighted by molar-refractivity contribution is 8.00. The van der Waals surface area contributed by atoms with E-state index in [0.717, 1.165) is 0 Å². The number of carbonyl (C=O) groups is 3. The number of thioether (sulfide) groups is 2. The zero-order chi connectivity index (χ0) is 16.0. The van der Waals surface area contributed by atoms with E-state index in [-0.39, 0.29) is 5.70 Å². The zero-order valence-corrected chi connectivity index (χ0v) is 13.6. The van der Waals surface area contributed by atoms with Crippen LogP contribution in [0.4, 0.5) is 0 Å². The van der Waals surface area contributed by atoms with E-state index in [0.29, 0.717) is 17.1 Å². The van der Waals surface area contributed by atoms with E-state index in [1.54, 1.807) is 0 Å². The van der Waals surface area contributed by atoms with Gasteiger partial charge in [-0.3, -0.25) is 4.79 Å². The third-order valence-electron chi connectivity index (χ3n) is 2.72. The fourth-order valence-corrected chi connectivity index (χ4v) is 3.75. The second kappa shape index (κ2) is 8.18. The highest BCUT2D eigenvalue weighted by atomic mass is 32.2. The first-order chi connectivity index (χ1) is 9.90. The van der Waals surface area contributed by atoms with Crippen molar-refractivity contribution in [1.29, 1.82) is 0 Å². The molecule has 0 saturated carbocycles. The van der Waals surface area contributed by atoms with Crippen molar-refractivity contribution in [3.05, 3.63) is 11.3 Å². The Bertz CT molecular complexity index is 467. The summed E-state index contributed by atoms with van der Waals surface area (Å²) in [6.45, 7) is 1.28. The normalized spacial score (nSPS) is 19.5. The molecule has 21 heavy (non-hydrogen) atoms. The molecule has 0 fully saturated rings. The number of hydrogen-bond acceptors (Lipinski definition) is 8. The summed E-state index contributed by atoms with van der Waals surface area (Å²) in [5, 5.41) is 15.8. The highest BCUT2D eigenvalue weighted by Gasteiger charge is 2.34. The van der Waals surface area contributed by atoms with Crippen molar-refractivity contribution in [1.82, 2.24) is 10.6 Å². The molecule has 7 nitrogen and oxygen atoms in total. The molecule has 0 radical (unpaired) electrons. The summed E-state index contributed by atoms with van der Waals surface area (Å²) < 4.78 is 4.65. The van der Waals surface area contributed by atoms with Crippen molar-refractivity contribution in [2.45, 2.75) is 18.3 Å². The Balaban J connectivity index is 2.96. The quantitative estimate of drug-likeness (QED) is 0.577. The standard InChI is InChI=1S/C12H18N2O5S2/c1-6(15)13-9(12(18)19-2)10-14-8(11(16)17)7(4-20-3)5-21-10/h9-10,14H,4-5H2,1-3H3,(H,13,15)(H,16,17)/p-1/t9-,10+/m0/s1. The van der Waals surface area contributed by atoms with Gasteiger partial charge in [0.05, 0.1) is 18.8 Å². The number of amides is 1. The highest BCUT2D eigenvalue weighted by Crippen LogP contribution is 2.26. The molecule has 0 unspecified atom stereocenters. The Morgan fingerprint density at radius 2 is 2.24 bits per heavy atom. The molecule has 2 atom stereocenters. The molecule has 118 valence electrons. The largest absolute Gasteiger partial charge is 0.543 e. The van der Waals surface area contributed by atoms with E-state index >= 15 is 0 Å². The molecule has 1 rings (SSSR count). The van der Waals surface area contributed by atoms with Crippen LogP contribution in [0.1, 0.15) is 6.92 Å². The number of ether oxygens (including phenoxy) is 1. The lowest BCUT2D eigenvalue weighted by Crippen LogP contribution is -2.55. The van der Waals surface area contributed by atoms with Gasteiger partial charge in [0.1, 0.15) is 5.37 Å². The number of carboxylic acids is 1. The zero-order valence-electron chi connectivity index (χ0n) is 11.9. The summed E-state index contributed by atoms with van der Waals surface area (Å²) in [4.78, 5) is 34.2. The molecule has 0 aliphatic carbocycles. The minimum atomic E-state index is -1.32. The number of carbonyl (C=O) groups excluding carboxylic acids is 3. The van der Waals surface area contributed by atoms with Crippen LogP contribution in [0.2, 0.25) is 0 Å². The predicted molar refractivity (Wildman–Crippen MR) is 79.4 cm³/mol. The maximum atomic E-state index is 11.8. The number of esters is 1. The molecule has 0 bridgehead atoms. The van der Waals surface area contributed by atoms with Crippen LogP contribution in [-0.4, -0.2) is 54.1 Å². The molecule has 0 aromatic heterocycles. The number of hydrogen-bond donors (Lipinski definition) is 2. The van der Waals surface area contributed by atoms with Gasteiger partial charge in [-0.1, -0.05) is 0 Å². The number of carboxylic acid groups (broad SMARTS) is 1. The minimum absolute atomic E-state index is 0.0210. The Morgan fingerprint density at radius 3 is 2.71 bits per heavy atom. The van der Waals surface area contributed by atoms with Gasteiger partial charge in [-0.2, -0.15) is 11.8 Å². The van der Waals surface area contributed by atoms with Crippen molar-refractivity contribution < 1.29 is 24.2 Å². The Hall–Kier alpha value is -1.35. The Morgan fingerprint density at radius 1 is 1.57 bits per heavy atom. The van der Waals surface area contributed by atoms with Gasteiger partial charge in [-0.05, 0) is 11.8 Å². The maximum Gasteiger partial charge on any atom is 0.331 e. The smallest absolute Gasteiger partial charge is 0.331 e. The van der Waals surface area contributed by atoms with Crippen LogP contribution < -0.4 is 15.7 Å². The third-order valence-corrected chi connectivity index (χ3v) is 4.62. The third kappa shape index (κ3) is 4.85. The monoisotopic (exact) mass is 333 g/mol. The number of rotatable bonds is 6. The first-order valence-corrected chi connectivity index (χ1v) is 8.50. The van der Waals surface area contributed by atoms with Crippen LogP contribution in [0.25, 0.3) is 0 Å². The Labute approximate surface area is 131 Å². The fourth-order valence-electron chi connectivity index (χ4n) is 1.82. The molecule has 1 aliphatic heterocycles. The SMILES string of the molecule is COC(=O)[C@@H](NC(C)=O)[C@@H]1NC(C(=O)[O-])=C(CSC)CS1. The van der Waals surface area contributed by atoms with Gasteiger partial charge < -0.3 is 25.3 Å². The number of methoxy groups -OCH3 is 1. The van der Waals surface area contributed by atoms with Crippen LogP contribution >= 0.6 is 23.5 Å². The van der Waals surface area contributed by atoms with E-state index in [2.05, 4.69) is 15.4 Å². The second-order valence-electron chi connectivity index (χ2n) is 4.28. The fraction of sp³-hybridized carbons (Fsp3) is 0.583. The van der Waals surface area contributed by atoms with Crippen LogP contribution in [-0.2, 0) is 19.1 Å². The molecule has 1 aliphatic rings. The summed E-state index contributed by atoms with van der Waals surface area (Å²) in [6, 6.07) is -0.970. The van der Waals surface area contributed by atoms with Crippen LogP contribution in [0, 0.1) is 0 Å². The van der Waals surface area contributed by atoms with Crippen molar-refractivity contribution >= 4 is 41.4 Å². The molecule has 2 N–H and O–H groups in total. The summed E-state index contributed by atoms with van der Waals surface area (Å²) in [5.74, 6) is -1.37. The average molecular weight is 333 g/mol. The van der Waals surface area contributed by atoms with E-state index in [9.17, 15) is 19.5 Å². The summed E-state index contributed by atoms with van der Waals surface area (Å²) in [5.41, 5.74) is 0.683. The second-order valence-corrected chi connectivity index (χ2v) is 6.27. The molecule has 0 spiro atoms. The molecule has 0 aromatic rings. The summed E-state index contributed by atoms with van der Waals surface area (Å²) in [7, 11) is 1.21. The van der Waals surface area contributed by atoms with Gasteiger partial charge in [-0.25, -0.2) is 4.79 Å². The first kappa shape index (κ1) is 17.7. The van der Waals surface area contributed by atoms with E-state index < -0.39 is 29.3 Å². The Kier molecular flexibility index (Phi) is 6.90. The van der Waals surface area contributed by atoms with E-state index in [1.165, 1.54) is 37.6 Å². The molecule has 1 amide bonds. The maximum absolute atomic E-state index is 11.8.